The van der Waals surface area contributed by atoms with E-state index in [9.17, 15) is 4.79 Å². The first-order valence-corrected chi connectivity index (χ1v) is 4.36. The first-order valence-electron chi connectivity index (χ1n) is 4.36. The van der Waals surface area contributed by atoms with Crippen molar-refractivity contribution in [2.45, 2.75) is 0 Å². The molecule has 0 N–H and O–H groups in total. The maximum Gasteiger partial charge on any atom is 0.0894 e. The molecule has 71 valence electrons. The fraction of sp³-hybridized carbons (Fsp3) is 0. The van der Waals surface area contributed by atoms with E-state index in [0.29, 0.717) is 11.1 Å². The quantitative estimate of drug-likeness (QED) is 0.604. The van der Waals surface area contributed by atoms with E-state index in [-0.39, 0.29) is 38.5 Å². The maximum atomic E-state index is 11.8. The third kappa shape index (κ3) is 3.08. The Balaban J connectivity index is 0.00000112. The monoisotopic (exact) mass is 269 g/mol. The summed E-state index contributed by atoms with van der Waals surface area (Å²) in [7, 11) is 0. The smallest absolute Gasteiger partial charge is 0.0894 e. The molecule has 2 aromatic rings. The summed E-state index contributed by atoms with van der Waals surface area (Å²) in [6.07, 6.45) is 0. The van der Waals surface area contributed by atoms with Crippen LogP contribution in [-0.4, -0.2) is 5.78 Å². The van der Waals surface area contributed by atoms with Gasteiger partial charge in [-0.15, -0.1) is 71.8 Å². The van der Waals surface area contributed by atoms with Crippen LogP contribution >= 0.6 is 0 Å². The van der Waals surface area contributed by atoms with Crippen molar-refractivity contribution in [3.05, 3.63) is 71.8 Å². The van der Waals surface area contributed by atoms with Crippen LogP contribution in [0.4, 0.5) is 0 Å². The molecule has 15 heavy (non-hydrogen) atoms. The molecule has 1 nitrogen and oxygen atoms in total. The first kappa shape index (κ1) is 12.3. The van der Waals surface area contributed by atoms with Crippen LogP contribution in [0.15, 0.2) is 48.5 Å². The van der Waals surface area contributed by atoms with E-state index in [1.54, 1.807) is 24.3 Å². The normalized spacial score (nSPS) is 9.07. The number of hydrogen-bond acceptors (Lipinski definition) is 1. The Kier molecular flexibility index (Phi) is 4.87. The van der Waals surface area contributed by atoms with E-state index in [1.807, 2.05) is 24.3 Å². The van der Waals surface area contributed by atoms with Gasteiger partial charge in [0.2, 0.25) is 0 Å². The predicted octanol–water partition coefficient (Wildman–Crippen LogP) is 2.52. The second-order valence-electron chi connectivity index (χ2n) is 2.88. The molecule has 0 aliphatic heterocycles. The topological polar surface area (TPSA) is 17.1 Å². The van der Waals surface area contributed by atoms with Gasteiger partial charge in [0.25, 0.3) is 0 Å². The standard InChI is InChI=1S/C13H8O.Y/c14-13(11-7-3-1-4-8-11)12-9-5-2-6-10-12;/h1-7,9H;/q-2;. The number of carbonyl (C=O) groups is 1. The van der Waals surface area contributed by atoms with Crippen molar-refractivity contribution in [3.63, 3.8) is 0 Å². The van der Waals surface area contributed by atoms with Crippen LogP contribution in [0, 0.1) is 12.1 Å². The Morgan fingerprint density at radius 3 is 1.67 bits per heavy atom. The van der Waals surface area contributed by atoms with Gasteiger partial charge in [-0.2, -0.15) is 0 Å². The first-order chi connectivity index (χ1) is 6.88. The molecule has 0 heterocycles. The molecular weight excluding hydrogens is 261 g/mol. The minimum atomic E-state index is -0.0359. The minimum absolute atomic E-state index is 0. The summed E-state index contributed by atoms with van der Waals surface area (Å²) in [5, 5.41) is 0. The van der Waals surface area contributed by atoms with Crippen molar-refractivity contribution in [3.8, 4) is 0 Å². The Labute approximate surface area is 114 Å². The van der Waals surface area contributed by atoms with E-state index in [1.165, 1.54) is 0 Å². The van der Waals surface area contributed by atoms with E-state index in [4.69, 9.17) is 0 Å². The van der Waals surface area contributed by atoms with Gasteiger partial charge in [-0.05, 0) is 0 Å². The average Bonchev–Trinajstić information content (AvgIpc) is 2.30. The van der Waals surface area contributed by atoms with Crippen LogP contribution in [-0.2, 0) is 32.7 Å². The van der Waals surface area contributed by atoms with Crippen molar-refractivity contribution in [2.75, 3.05) is 0 Å². The van der Waals surface area contributed by atoms with Crippen LogP contribution in [0.25, 0.3) is 0 Å². The van der Waals surface area contributed by atoms with E-state index in [0.717, 1.165) is 0 Å². The molecule has 0 aliphatic rings. The zero-order valence-electron chi connectivity index (χ0n) is 8.10. The predicted molar refractivity (Wildman–Crippen MR) is 54.0 cm³/mol. The molecule has 0 aromatic heterocycles. The zero-order valence-corrected chi connectivity index (χ0v) is 10.9. The molecule has 0 fully saturated rings. The Bertz CT molecular complexity index is 381. The summed E-state index contributed by atoms with van der Waals surface area (Å²) in [5.41, 5.74) is 1.16. The van der Waals surface area contributed by atoms with Crippen LogP contribution in [0.5, 0.6) is 0 Å². The fourth-order valence-corrected chi connectivity index (χ4v) is 1.21. The molecule has 0 bridgehead atoms. The van der Waals surface area contributed by atoms with E-state index in [2.05, 4.69) is 12.1 Å². The Hall–Kier alpha value is -0.786. The number of carbonyl (C=O) groups excluding carboxylic acids is 1. The zero-order chi connectivity index (χ0) is 9.80. The van der Waals surface area contributed by atoms with Gasteiger partial charge in [0.15, 0.2) is 0 Å². The largest absolute Gasteiger partial charge is 0.348 e. The number of benzene rings is 2. The van der Waals surface area contributed by atoms with Crippen LogP contribution < -0.4 is 0 Å². The fourth-order valence-electron chi connectivity index (χ4n) is 1.21. The third-order valence-corrected chi connectivity index (χ3v) is 1.91. The second-order valence-corrected chi connectivity index (χ2v) is 2.88. The average molecular weight is 269 g/mol. The molecule has 0 saturated heterocycles. The minimum Gasteiger partial charge on any atom is -0.348 e. The van der Waals surface area contributed by atoms with Crippen molar-refractivity contribution < 1.29 is 37.5 Å². The van der Waals surface area contributed by atoms with Crippen molar-refractivity contribution >= 4 is 5.78 Å². The number of hydrogen-bond donors (Lipinski definition) is 0. The van der Waals surface area contributed by atoms with Gasteiger partial charge in [0, 0.05) is 32.7 Å². The van der Waals surface area contributed by atoms with Crippen LogP contribution in [0.1, 0.15) is 15.9 Å². The van der Waals surface area contributed by atoms with Crippen molar-refractivity contribution in [1.82, 2.24) is 0 Å². The molecule has 2 heteroatoms. The Morgan fingerprint density at radius 1 is 0.867 bits per heavy atom. The second kappa shape index (κ2) is 5.94. The number of rotatable bonds is 2. The summed E-state index contributed by atoms with van der Waals surface area (Å²) in [6, 6.07) is 20.1. The number of ketones is 1. The van der Waals surface area contributed by atoms with E-state index >= 15 is 0 Å². The SMILES string of the molecule is O=C(c1[c-]cccc1)c1[c-]cccc1.[Y]. The molecule has 0 spiro atoms. The van der Waals surface area contributed by atoms with Gasteiger partial charge in [0.1, 0.15) is 0 Å². The van der Waals surface area contributed by atoms with Crippen molar-refractivity contribution in [2.24, 2.45) is 0 Å². The third-order valence-electron chi connectivity index (χ3n) is 1.91. The van der Waals surface area contributed by atoms with Gasteiger partial charge in [0.05, 0.1) is 5.78 Å². The summed E-state index contributed by atoms with van der Waals surface area (Å²) in [5.74, 6) is -0.0359. The van der Waals surface area contributed by atoms with Crippen LogP contribution in [0.2, 0.25) is 0 Å². The molecule has 0 aliphatic carbocycles. The summed E-state index contributed by atoms with van der Waals surface area (Å²) in [4.78, 5) is 11.8. The summed E-state index contributed by atoms with van der Waals surface area (Å²) in [6.45, 7) is 0. The van der Waals surface area contributed by atoms with E-state index < -0.39 is 0 Å². The van der Waals surface area contributed by atoms with Crippen LogP contribution in [0.3, 0.4) is 0 Å². The van der Waals surface area contributed by atoms with Gasteiger partial charge in [-0.3, -0.25) is 0 Å². The van der Waals surface area contributed by atoms with Gasteiger partial charge < -0.3 is 4.79 Å². The molecule has 2 aromatic carbocycles. The molecule has 0 unspecified atom stereocenters. The molecule has 0 saturated carbocycles. The van der Waals surface area contributed by atoms with Gasteiger partial charge in [-0.1, -0.05) is 0 Å². The molecular formula is C13H8OY-2. The Morgan fingerprint density at radius 2 is 1.33 bits per heavy atom. The summed E-state index contributed by atoms with van der Waals surface area (Å²) >= 11 is 0. The molecule has 2 rings (SSSR count). The van der Waals surface area contributed by atoms with Gasteiger partial charge in [-0.25, -0.2) is 0 Å². The summed E-state index contributed by atoms with van der Waals surface area (Å²) < 4.78 is 0. The van der Waals surface area contributed by atoms with Crippen molar-refractivity contribution in [1.29, 1.82) is 0 Å². The molecule has 0 amide bonds. The van der Waals surface area contributed by atoms with Gasteiger partial charge >= 0.3 is 0 Å². The molecule has 0 atom stereocenters. The maximum absolute atomic E-state index is 11.8. The molecule has 1 radical (unpaired) electrons.